The van der Waals surface area contributed by atoms with Crippen molar-refractivity contribution in [2.45, 2.75) is 13.5 Å². The van der Waals surface area contributed by atoms with Gasteiger partial charge in [-0.2, -0.15) is 5.10 Å². The van der Waals surface area contributed by atoms with Gasteiger partial charge in [0.1, 0.15) is 11.3 Å². The number of aromatic nitrogens is 6. The van der Waals surface area contributed by atoms with Gasteiger partial charge in [-0.05, 0) is 43.4 Å². The van der Waals surface area contributed by atoms with E-state index in [9.17, 15) is 0 Å². The first-order valence-electron chi connectivity index (χ1n) is 12.1. The van der Waals surface area contributed by atoms with Crippen molar-refractivity contribution in [3.8, 4) is 22.6 Å². The van der Waals surface area contributed by atoms with Crippen LogP contribution < -0.4 is 10.2 Å². The number of likely N-dealkylation sites (N-methyl/N-ethyl adjacent to an activating group) is 1. The van der Waals surface area contributed by atoms with Crippen LogP contribution in [0.4, 0.5) is 5.69 Å². The van der Waals surface area contributed by atoms with Gasteiger partial charge in [0.2, 0.25) is 0 Å². The molecule has 5 aromatic heterocycles. The smallest absolute Gasteiger partial charge is 0.139 e. The maximum absolute atomic E-state index is 4.66. The molecule has 35 heavy (non-hydrogen) atoms. The summed E-state index contributed by atoms with van der Waals surface area (Å²) in [6.07, 6.45) is 7.48. The van der Waals surface area contributed by atoms with E-state index in [4.69, 9.17) is 0 Å². The van der Waals surface area contributed by atoms with Gasteiger partial charge in [0, 0.05) is 73.3 Å². The molecule has 0 radical (unpaired) electrons. The number of pyridine rings is 3. The van der Waals surface area contributed by atoms with Gasteiger partial charge < -0.3 is 20.1 Å². The predicted octanol–water partition coefficient (Wildman–Crippen LogP) is 3.42. The van der Waals surface area contributed by atoms with Gasteiger partial charge in [-0.3, -0.25) is 15.1 Å². The first-order valence-corrected chi connectivity index (χ1v) is 12.1. The predicted molar refractivity (Wildman–Crippen MR) is 139 cm³/mol. The van der Waals surface area contributed by atoms with Crippen LogP contribution in [0.25, 0.3) is 44.6 Å². The molecule has 0 bridgehead atoms. The Morgan fingerprint density at radius 3 is 2.74 bits per heavy atom. The summed E-state index contributed by atoms with van der Waals surface area (Å²) in [5.41, 5.74) is 7.80. The number of rotatable bonds is 6. The van der Waals surface area contributed by atoms with Crippen LogP contribution in [0.5, 0.6) is 0 Å². The summed E-state index contributed by atoms with van der Waals surface area (Å²) < 4.78 is 0. The number of nitrogens with zero attached hydrogens (tertiary/aromatic N) is 6. The van der Waals surface area contributed by atoms with Crippen molar-refractivity contribution >= 4 is 27.6 Å². The highest BCUT2D eigenvalue weighted by Gasteiger charge is 2.19. The summed E-state index contributed by atoms with van der Waals surface area (Å²) in [7, 11) is 2.17. The number of H-pyrrole nitrogens is 2. The number of piperazine rings is 1. The summed E-state index contributed by atoms with van der Waals surface area (Å²) >= 11 is 0. The minimum Gasteiger partial charge on any atom is -0.368 e. The highest BCUT2D eigenvalue weighted by Crippen LogP contribution is 2.33. The number of aromatic amines is 2. The zero-order chi connectivity index (χ0) is 23.8. The quantitative estimate of drug-likeness (QED) is 0.352. The van der Waals surface area contributed by atoms with Crippen LogP contribution in [0.2, 0.25) is 0 Å². The van der Waals surface area contributed by atoms with Gasteiger partial charge in [-0.1, -0.05) is 6.92 Å². The van der Waals surface area contributed by atoms with Gasteiger partial charge in [-0.15, -0.1) is 0 Å². The lowest BCUT2D eigenvalue weighted by Crippen LogP contribution is -2.44. The summed E-state index contributed by atoms with van der Waals surface area (Å²) in [5.74, 6) is 0. The number of anilines is 1. The van der Waals surface area contributed by atoms with Gasteiger partial charge >= 0.3 is 0 Å². The maximum Gasteiger partial charge on any atom is 0.139 e. The van der Waals surface area contributed by atoms with Crippen LogP contribution in [0.15, 0.2) is 49.1 Å². The third kappa shape index (κ3) is 4.13. The zero-order valence-corrected chi connectivity index (χ0v) is 20.0. The van der Waals surface area contributed by atoms with Gasteiger partial charge in [0.25, 0.3) is 0 Å². The molecule has 6 rings (SSSR count). The second-order valence-corrected chi connectivity index (χ2v) is 9.12. The molecule has 5 aromatic rings. The minimum absolute atomic E-state index is 0.786. The molecule has 0 atom stereocenters. The van der Waals surface area contributed by atoms with E-state index in [-0.39, 0.29) is 0 Å². The fourth-order valence-electron chi connectivity index (χ4n) is 4.74. The molecular weight excluding hydrogens is 438 g/mol. The second-order valence-electron chi connectivity index (χ2n) is 9.12. The molecule has 1 saturated heterocycles. The molecule has 0 unspecified atom stereocenters. The Morgan fingerprint density at radius 2 is 1.89 bits per heavy atom. The van der Waals surface area contributed by atoms with E-state index in [1.54, 1.807) is 0 Å². The molecule has 1 aliphatic heterocycles. The van der Waals surface area contributed by atoms with Crippen molar-refractivity contribution in [2.24, 2.45) is 0 Å². The molecular formula is C26H29N9. The topological polar surface area (TPSA) is 102 Å². The molecule has 1 aliphatic rings. The highest BCUT2D eigenvalue weighted by molar-refractivity contribution is 5.99. The van der Waals surface area contributed by atoms with Crippen molar-refractivity contribution in [1.82, 2.24) is 40.3 Å². The van der Waals surface area contributed by atoms with Crippen LogP contribution >= 0.6 is 0 Å². The van der Waals surface area contributed by atoms with Gasteiger partial charge in [-0.25, -0.2) is 4.98 Å². The van der Waals surface area contributed by atoms with Crippen LogP contribution in [0.3, 0.4) is 0 Å². The van der Waals surface area contributed by atoms with Crippen molar-refractivity contribution < 1.29 is 0 Å². The molecule has 0 saturated carbocycles. The number of nitrogens with one attached hydrogen (secondary N) is 3. The Labute approximate surface area is 203 Å². The Hall–Kier alpha value is -3.82. The maximum atomic E-state index is 4.66. The first-order chi connectivity index (χ1) is 17.2. The van der Waals surface area contributed by atoms with Crippen LogP contribution in [-0.4, -0.2) is 74.8 Å². The Morgan fingerprint density at radius 1 is 1.00 bits per heavy atom. The molecule has 6 heterocycles. The highest BCUT2D eigenvalue weighted by atomic mass is 15.2. The summed E-state index contributed by atoms with van der Waals surface area (Å²) in [6, 6.07) is 8.51. The summed E-state index contributed by atoms with van der Waals surface area (Å²) in [6.45, 7) is 7.95. The van der Waals surface area contributed by atoms with Crippen LogP contribution in [0, 0.1) is 0 Å². The number of hydrogen-bond donors (Lipinski definition) is 3. The Kier molecular flexibility index (Phi) is 5.63. The average Bonchev–Trinajstić information content (AvgIpc) is 3.51. The lowest BCUT2D eigenvalue weighted by atomic mass is 10.1. The Balaban J connectivity index is 1.38. The standard InChI is InChI=1S/C26H29N9/c1-3-27-13-17-10-18(15-28-14-17)21-11-19-23(16-30-21)32-33-25(19)22-12-20-24(4-5-29-26(20)31-22)35-8-6-34(2)7-9-35/h4-5,10-12,14-16,27H,3,6-9,13H2,1-2H3,(H,29,31)(H,32,33). The molecule has 9 heteroatoms. The van der Waals surface area contributed by atoms with Crippen molar-refractivity contribution in [1.29, 1.82) is 0 Å². The molecule has 0 spiro atoms. The average molecular weight is 468 g/mol. The summed E-state index contributed by atoms with van der Waals surface area (Å²) in [5, 5.41) is 13.3. The largest absolute Gasteiger partial charge is 0.368 e. The van der Waals surface area contributed by atoms with E-state index in [1.807, 2.05) is 24.8 Å². The number of hydrogen-bond acceptors (Lipinski definition) is 7. The second kappa shape index (κ2) is 9.09. The zero-order valence-electron chi connectivity index (χ0n) is 20.0. The van der Waals surface area contributed by atoms with Crippen molar-refractivity contribution in [2.75, 3.05) is 44.7 Å². The Bertz CT molecular complexity index is 1480. The summed E-state index contributed by atoms with van der Waals surface area (Å²) in [4.78, 5) is 22.0. The van der Waals surface area contributed by atoms with Crippen molar-refractivity contribution in [3.05, 3.63) is 54.6 Å². The monoisotopic (exact) mass is 467 g/mol. The van der Waals surface area contributed by atoms with E-state index < -0.39 is 0 Å². The molecule has 0 aliphatic carbocycles. The molecule has 9 nitrogen and oxygen atoms in total. The lowest BCUT2D eigenvalue weighted by Gasteiger charge is -2.34. The van der Waals surface area contributed by atoms with E-state index >= 15 is 0 Å². The molecule has 1 fully saturated rings. The van der Waals surface area contributed by atoms with Crippen molar-refractivity contribution in [3.63, 3.8) is 0 Å². The molecule has 3 N–H and O–H groups in total. The SMILES string of the molecule is CCNCc1cncc(-c2cc3c(-c4cc5c(N6CCN(C)CC6)ccnc5[nH]4)n[nH]c3cn2)c1. The lowest BCUT2D eigenvalue weighted by molar-refractivity contribution is 0.313. The third-order valence-electron chi connectivity index (χ3n) is 6.72. The molecule has 178 valence electrons. The first kappa shape index (κ1) is 21.7. The van der Waals surface area contributed by atoms with Crippen LogP contribution in [0.1, 0.15) is 12.5 Å². The van der Waals surface area contributed by atoms with E-state index in [0.717, 1.165) is 89.4 Å². The van der Waals surface area contributed by atoms with Gasteiger partial charge in [0.15, 0.2) is 0 Å². The molecule has 0 aromatic carbocycles. The van der Waals surface area contributed by atoms with Gasteiger partial charge in [0.05, 0.1) is 23.1 Å². The third-order valence-corrected chi connectivity index (χ3v) is 6.72. The normalized spacial score (nSPS) is 14.9. The molecule has 0 amide bonds. The minimum atomic E-state index is 0.786. The fourth-order valence-corrected chi connectivity index (χ4v) is 4.74. The van der Waals surface area contributed by atoms with E-state index in [2.05, 4.69) is 83.5 Å². The van der Waals surface area contributed by atoms with E-state index in [1.165, 1.54) is 5.69 Å². The van der Waals surface area contributed by atoms with E-state index in [0.29, 0.717) is 0 Å². The number of fused-ring (bicyclic) bond motifs is 2. The van der Waals surface area contributed by atoms with Crippen LogP contribution in [-0.2, 0) is 6.54 Å². The fraction of sp³-hybridized carbons (Fsp3) is 0.308.